The van der Waals surface area contributed by atoms with Gasteiger partial charge < -0.3 is 20.3 Å². The molecule has 0 aliphatic rings. The van der Waals surface area contributed by atoms with Crippen molar-refractivity contribution in [2.24, 2.45) is 0 Å². The Hall–Kier alpha value is -1.70. The summed E-state index contributed by atoms with van der Waals surface area (Å²) < 4.78 is 5.09. The molecule has 0 aromatic heterocycles. The van der Waals surface area contributed by atoms with Gasteiger partial charge in [0.2, 0.25) is 0 Å². The fraction of sp³-hybridized carbons (Fsp3) is 0.250. The summed E-state index contributed by atoms with van der Waals surface area (Å²) in [6.07, 6.45) is -0.755. The third kappa shape index (κ3) is 5.59. The monoisotopic (exact) mass is 369 g/mol. The van der Waals surface area contributed by atoms with Gasteiger partial charge in [-0.2, -0.15) is 0 Å². The quantitative estimate of drug-likeness (QED) is 0.633. The minimum Gasteiger partial charge on any atom is -0.482 e. The Kier molecular flexibility index (Phi) is 6.73. The SMILES string of the molecule is O=C(O)CC(NC(=O)COc1cc(Cl)c(Cl)cc1Cl)C(=O)O. The maximum absolute atomic E-state index is 11.6. The van der Waals surface area contributed by atoms with Crippen molar-refractivity contribution < 1.29 is 29.3 Å². The molecule has 22 heavy (non-hydrogen) atoms. The predicted molar refractivity (Wildman–Crippen MR) is 78.8 cm³/mol. The fourth-order valence-electron chi connectivity index (χ4n) is 1.37. The average molecular weight is 371 g/mol. The first-order valence-corrected chi connectivity index (χ1v) is 6.85. The summed E-state index contributed by atoms with van der Waals surface area (Å²) in [4.78, 5) is 32.9. The van der Waals surface area contributed by atoms with Gasteiger partial charge in [0.1, 0.15) is 11.8 Å². The van der Waals surface area contributed by atoms with E-state index in [0.29, 0.717) is 0 Å². The smallest absolute Gasteiger partial charge is 0.326 e. The molecule has 10 heteroatoms. The maximum atomic E-state index is 11.6. The van der Waals surface area contributed by atoms with Crippen molar-refractivity contribution in [1.82, 2.24) is 5.32 Å². The standard InChI is InChI=1S/C12H10Cl3NO6/c13-5-1-7(15)9(2-6(5)14)22-4-10(17)16-8(12(20)21)3-11(18)19/h1-2,8H,3-4H2,(H,16,17)(H,18,19)(H,20,21). The second-order valence-electron chi connectivity index (χ2n) is 4.04. The average Bonchev–Trinajstić information content (AvgIpc) is 2.40. The number of rotatable bonds is 7. The van der Waals surface area contributed by atoms with Crippen molar-refractivity contribution in [3.8, 4) is 5.75 Å². The minimum absolute atomic E-state index is 0.0799. The van der Waals surface area contributed by atoms with Crippen LogP contribution in [0.2, 0.25) is 15.1 Å². The number of nitrogens with one attached hydrogen (secondary N) is 1. The summed E-state index contributed by atoms with van der Waals surface area (Å²) in [7, 11) is 0. The number of ether oxygens (including phenoxy) is 1. The van der Waals surface area contributed by atoms with Crippen LogP contribution < -0.4 is 10.1 Å². The molecule has 1 atom stereocenters. The zero-order valence-corrected chi connectivity index (χ0v) is 13.1. The van der Waals surface area contributed by atoms with E-state index >= 15 is 0 Å². The summed E-state index contributed by atoms with van der Waals surface area (Å²) >= 11 is 17.3. The molecule has 0 radical (unpaired) electrons. The molecule has 3 N–H and O–H groups in total. The molecule has 0 heterocycles. The molecular formula is C12H10Cl3NO6. The lowest BCUT2D eigenvalue weighted by Crippen LogP contribution is -2.44. The van der Waals surface area contributed by atoms with Gasteiger partial charge in [-0.3, -0.25) is 9.59 Å². The van der Waals surface area contributed by atoms with Gasteiger partial charge >= 0.3 is 11.9 Å². The molecule has 1 aromatic rings. The van der Waals surface area contributed by atoms with E-state index in [1.54, 1.807) is 0 Å². The van der Waals surface area contributed by atoms with Crippen molar-refractivity contribution in [2.45, 2.75) is 12.5 Å². The molecule has 0 aliphatic heterocycles. The van der Waals surface area contributed by atoms with E-state index in [9.17, 15) is 14.4 Å². The third-order valence-corrected chi connectivity index (χ3v) is 3.36. The van der Waals surface area contributed by atoms with Gasteiger partial charge in [0.25, 0.3) is 5.91 Å². The van der Waals surface area contributed by atoms with Crippen LogP contribution in [0.5, 0.6) is 5.75 Å². The van der Waals surface area contributed by atoms with E-state index in [1.165, 1.54) is 12.1 Å². The lowest BCUT2D eigenvalue weighted by molar-refractivity contribution is -0.147. The highest BCUT2D eigenvalue weighted by molar-refractivity contribution is 6.43. The van der Waals surface area contributed by atoms with Crippen molar-refractivity contribution in [3.63, 3.8) is 0 Å². The van der Waals surface area contributed by atoms with E-state index < -0.39 is 36.9 Å². The first kappa shape index (κ1) is 18.3. The number of hydrogen-bond donors (Lipinski definition) is 3. The van der Waals surface area contributed by atoms with Crippen LogP contribution in [0.1, 0.15) is 6.42 Å². The lowest BCUT2D eigenvalue weighted by atomic mass is 10.2. The molecular weight excluding hydrogens is 360 g/mol. The van der Waals surface area contributed by atoms with Gasteiger partial charge in [0, 0.05) is 6.07 Å². The van der Waals surface area contributed by atoms with Crippen LogP contribution in [-0.4, -0.2) is 40.7 Å². The first-order chi connectivity index (χ1) is 10.2. The molecule has 1 unspecified atom stereocenters. The topological polar surface area (TPSA) is 113 Å². The number of carbonyl (C=O) groups excluding carboxylic acids is 1. The number of carboxylic acid groups (broad SMARTS) is 2. The number of hydrogen-bond acceptors (Lipinski definition) is 4. The summed E-state index contributed by atoms with van der Waals surface area (Å²) in [5, 5.41) is 19.8. The van der Waals surface area contributed by atoms with E-state index in [0.717, 1.165) is 0 Å². The van der Waals surface area contributed by atoms with Crippen LogP contribution >= 0.6 is 34.8 Å². The van der Waals surface area contributed by atoms with Crippen LogP contribution in [0, 0.1) is 0 Å². The second-order valence-corrected chi connectivity index (χ2v) is 5.26. The number of benzene rings is 1. The van der Waals surface area contributed by atoms with Crippen LogP contribution in [0.25, 0.3) is 0 Å². The van der Waals surface area contributed by atoms with Crippen LogP contribution in [-0.2, 0) is 14.4 Å². The van der Waals surface area contributed by atoms with Crippen molar-refractivity contribution in [2.75, 3.05) is 6.61 Å². The van der Waals surface area contributed by atoms with Gasteiger partial charge in [0.15, 0.2) is 6.61 Å². The van der Waals surface area contributed by atoms with E-state index in [-0.39, 0.29) is 20.8 Å². The highest BCUT2D eigenvalue weighted by atomic mass is 35.5. The minimum atomic E-state index is -1.56. The fourth-order valence-corrected chi connectivity index (χ4v) is 1.96. The van der Waals surface area contributed by atoms with Crippen LogP contribution in [0.15, 0.2) is 12.1 Å². The lowest BCUT2D eigenvalue weighted by Gasteiger charge is -2.13. The van der Waals surface area contributed by atoms with Crippen LogP contribution in [0.3, 0.4) is 0 Å². The van der Waals surface area contributed by atoms with Crippen LogP contribution in [0.4, 0.5) is 0 Å². The zero-order valence-electron chi connectivity index (χ0n) is 10.8. The molecule has 0 bridgehead atoms. The summed E-state index contributed by atoms with van der Waals surface area (Å²) in [6, 6.07) is 1.06. The predicted octanol–water partition coefficient (Wildman–Crippen LogP) is 2.07. The Bertz CT molecular complexity index is 607. The molecule has 0 spiro atoms. The molecule has 0 saturated heterocycles. The second kappa shape index (κ2) is 8.07. The van der Waals surface area contributed by atoms with E-state index in [1.807, 2.05) is 5.32 Å². The van der Waals surface area contributed by atoms with E-state index in [4.69, 9.17) is 49.8 Å². The van der Waals surface area contributed by atoms with Crippen molar-refractivity contribution in [3.05, 3.63) is 27.2 Å². The largest absolute Gasteiger partial charge is 0.482 e. The van der Waals surface area contributed by atoms with Crippen molar-refractivity contribution >= 4 is 52.6 Å². The van der Waals surface area contributed by atoms with Gasteiger partial charge in [0.05, 0.1) is 21.5 Å². The third-order valence-electron chi connectivity index (χ3n) is 2.35. The molecule has 1 aromatic carbocycles. The highest BCUT2D eigenvalue weighted by Gasteiger charge is 2.23. The number of carboxylic acids is 2. The molecule has 1 amide bonds. The van der Waals surface area contributed by atoms with Crippen molar-refractivity contribution in [1.29, 1.82) is 0 Å². The molecule has 0 saturated carbocycles. The van der Waals surface area contributed by atoms with Gasteiger partial charge in [-0.25, -0.2) is 4.79 Å². The molecule has 0 fully saturated rings. The van der Waals surface area contributed by atoms with Gasteiger partial charge in [-0.1, -0.05) is 34.8 Å². The number of carbonyl (C=O) groups is 3. The Balaban J connectivity index is 2.64. The Labute approximate surface area is 139 Å². The summed E-state index contributed by atoms with van der Waals surface area (Å²) in [5.41, 5.74) is 0. The van der Waals surface area contributed by atoms with E-state index in [2.05, 4.69) is 0 Å². The number of halogens is 3. The number of amides is 1. The normalized spacial score (nSPS) is 11.6. The zero-order chi connectivity index (χ0) is 16.9. The summed E-state index contributed by atoms with van der Waals surface area (Å²) in [5.74, 6) is -3.57. The molecule has 0 aliphatic carbocycles. The maximum Gasteiger partial charge on any atom is 0.326 e. The molecule has 120 valence electrons. The molecule has 7 nitrogen and oxygen atoms in total. The summed E-state index contributed by atoms with van der Waals surface area (Å²) in [6.45, 7) is -0.568. The van der Waals surface area contributed by atoms with Gasteiger partial charge in [-0.15, -0.1) is 0 Å². The molecule has 1 rings (SSSR count). The Morgan fingerprint density at radius 2 is 1.68 bits per heavy atom. The Morgan fingerprint density at radius 3 is 2.23 bits per heavy atom. The number of aliphatic carboxylic acids is 2. The highest BCUT2D eigenvalue weighted by Crippen LogP contribution is 2.33. The first-order valence-electron chi connectivity index (χ1n) is 5.72. The Morgan fingerprint density at radius 1 is 1.09 bits per heavy atom. The van der Waals surface area contributed by atoms with Gasteiger partial charge in [-0.05, 0) is 6.07 Å².